The minimum atomic E-state index is -0.467. The second-order valence-corrected chi connectivity index (χ2v) is 6.51. The molecule has 0 saturated carbocycles. The van der Waals surface area contributed by atoms with Crippen LogP contribution < -0.4 is 10.9 Å². The summed E-state index contributed by atoms with van der Waals surface area (Å²) in [4.78, 5) is 36.2. The predicted molar refractivity (Wildman–Crippen MR) is 102 cm³/mol. The van der Waals surface area contributed by atoms with Crippen LogP contribution >= 0.6 is 0 Å². The number of benzene rings is 1. The van der Waals surface area contributed by atoms with Crippen LogP contribution in [0.15, 0.2) is 45.9 Å². The fourth-order valence-corrected chi connectivity index (χ4v) is 2.93. The molecular weight excluding hydrogens is 360 g/mol. The molecule has 0 spiro atoms. The zero-order valence-electron chi connectivity index (χ0n) is 15.8. The molecule has 0 aliphatic carbocycles. The minimum Gasteiger partial charge on any atom is -0.466 e. The molecule has 1 aromatic heterocycles. The van der Waals surface area contributed by atoms with E-state index >= 15 is 0 Å². The maximum atomic E-state index is 12.3. The van der Waals surface area contributed by atoms with Crippen molar-refractivity contribution < 1.29 is 18.8 Å². The average Bonchev–Trinajstić information content (AvgIpc) is 3.31. The summed E-state index contributed by atoms with van der Waals surface area (Å²) in [7, 11) is 0. The van der Waals surface area contributed by atoms with E-state index in [0.29, 0.717) is 30.0 Å². The molecule has 8 heteroatoms. The van der Waals surface area contributed by atoms with Crippen LogP contribution in [-0.4, -0.2) is 35.0 Å². The molecule has 8 nitrogen and oxygen atoms in total. The number of furan rings is 1. The van der Waals surface area contributed by atoms with E-state index in [1.165, 1.54) is 5.01 Å². The molecule has 2 aromatic rings. The van der Waals surface area contributed by atoms with Gasteiger partial charge in [-0.2, -0.15) is 5.10 Å². The number of nitrogens with zero attached hydrogens (tertiary/aromatic N) is 2. The summed E-state index contributed by atoms with van der Waals surface area (Å²) in [6, 6.07) is 11.3. The summed E-state index contributed by atoms with van der Waals surface area (Å²) in [6.07, 6.45) is 0.647. The van der Waals surface area contributed by atoms with E-state index in [1.807, 2.05) is 30.3 Å². The van der Waals surface area contributed by atoms with Crippen LogP contribution in [0.3, 0.4) is 0 Å². The van der Waals surface area contributed by atoms with E-state index in [-0.39, 0.29) is 18.7 Å². The molecule has 1 aliphatic rings. The molecule has 0 fully saturated rings. The third-order valence-electron chi connectivity index (χ3n) is 4.36. The first kappa shape index (κ1) is 19.3. The van der Waals surface area contributed by atoms with Crippen LogP contribution in [-0.2, 0) is 9.59 Å². The summed E-state index contributed by atoms with van der Waals surface area (Å²) >= 11 is 0. The monoisotopic (exact) mass is 382 g/mol. The Morgan fingerprint density at radius 1 is 1.11 bits per heavy atom. The number of rotatable bonds is 5. The van der Waals surface area contributed by atoms with Crippen molar-refractivity contribution in [1.82, 2.24) is 15.9 Å². The summed E-state index contributed by atoms with van der Waals surface area (Å²) in [5.74, 6) is -0.0634. The van der Waals surface area contributed by atoms with Crippen molar-refractivity contribution in [3.05, 3.63) is 59.0 Å². The van der Waals surface area contributed by atoms with Gasteiger partial charge in [-0.3, -0.25) is 25.2 Å². The van der Waals surface area contributed by atoms with Crippen molar-refractivity contribution in [2.75, 3.05) is 6.54 Å². The van der Waals surface area contributed by atoms with Crippen molar-refractivity contribution in [3.63, 3.8) is 0 Å². The topological polar surface area (TPSA) is 104 Å². The fourth-order valence-electron chi connectivity index (χ4n) is 2.93. The Kier molecular flexibility index (Phi) is 5.88. The Balaban J connectivity index is 1.44. The smallest absolute Gasteiger partial charge is 0.273 e. The highest BCUT2D eigenvalue weighted by Gasteiger charge is 2.22. The molecule has 1 aromatic carbocycles. The Morgan fingerprint density at radius 2 is 1.86 bits per heavy atom. The lowest BCUT2D eigenvalue weighted by Crippen LogP contribution is -2.42. The van der Waals surface area contributed by atoms with Gasteiger partial charge in [-0.05, 0) is 25.5 Å². The van der Waals surface area contributed by atoms with E-state index in [9.17, 15) is 14.4 Å². The van der Waals surface area contributed by atoms with Crippen molar-refractivity contribution in [3.8, 4) is 0 Å². The average molecular weight is 382 g/mol. The third kappa shape index (κ3) is 4.64. The lowest BCUT2D eigenvalue weighted by molar-refractivity contribution is -0.133. The van der Waals surface area contributed by atoms with Gasteiger partial charge >= 0.3 is 0 Å². The predicted octanol–water partition coefficient (Wildman–Crippen LogP) is 2.07. The van der Waals surface area contributed by atoms with Gasteiger partial charge in [0.25, 0.3) is 5.91 Å². The first-order valence-electron chi connectivity index (χ1n) is 9.03. The van der Waals surface area contributed by atoms with Crippen LogP contribution in [0.5, 0.6) is 0 Å². The molecule has 146 valence electrons. The highest BCUT2D eigenvalue weighted by atomic mass is 16.3. The number of nitrogens with one attached hydrogen (secondary N) is 2. The summed E-state index contributed by atoms with van der Waals surface area (Å²) < 4.78 is 5.28. The molecule has 1 aliphatic heterocycles. The standard InChI is InChI=1S/C20H22N4O4/c1-13-12-16(14(2)28-13)20(27)22-21-18(25)8-9-19(26)24-11-10-17(23-24)15-6-4-3-5-7-15/h3-7,12H,8-11H2,1-2H3,(H,21,25)(H,22,27). The third-order valence-corrected chi connectivity index (χ3v) is 4.36. The normalized spacial score (nSPS) is 13.2. The Morgan fingerprint density at radius 3 is 2.54 bits per heavy atom. The van der Waals surface area contributed by atoms with Gasteiger partial charge in [0, 0.05) is 19.3 Å². The van der Waals surface area contributed by atoms with Crippen LogP contribution in [0.4, 0.5) is 0 Å². The highest BCUT2D eigenvalue weighted by molar-refractivity contribution is 6.02. The first-order valence-corrected chi connectivity index (χ1v) is 9.03. The Hall–Kier alpha value is -3.42. The van der Waals surface area contributed by atoms with E-state index in [2.05, 4.69) is 16.0 Å². The molecule has 2 N–H and O–H groups in total. The van der Waals surface area contributed by atoms with Crippen LogP contribution in [0.1, 0.15) is 46.7 Å². The van der Waals surface area contributed by atoms with Crippen molar-refractivity contribution in [2.24, 2.45) is 5.10 Å². The molecule has 0 saturated heterocycles. The zero-order chi connectivity index (χ0) is 20.1. The van der Waals surface area contributed by atoms with E-state index in [0.717, 1.165) is 11.3 Å². The molecule has 0 bridgehead atoms. The molecule has 2 heterocycles. The molecule has 28 heavy (non-hydrogen) atoms. The first-order chi connectivity index (χ1) is 13.4. The maximum absolute atomic E-state index is 12.3. The van der Waals surface area contributed by atoms with Gasteiger partial charge in [0.05, 0.1) is 17.8 Å². The summed E-state index contributed by atoms with van der Waals surface area (Å²) in [5, 5.41) is 5.75. The highest BCUT2D eigenvalue weighted by Crippen LogP contribution is 2.15. The van der Waals surface area contributed by atoms with Gasteiger partial charge in [-0.25, -0.2) is 5.01 Å². The maximum Gasteiger partial charge on any atom is 0.273 e. The molecule has 3 rings (SSSR count). The number of hydrogen-bond acceptors (Lipinski definition) is 5. The second-order valence-electron chi connectivity index (χ2n) is 6.51. The van der Waals surface area contributed by atoms with Gasteiger partial charge in [0.15, 0.2) is 0 Å². The van der Waals surface area contributed by atoms with Crippen molar-refractivity contribution in [2.45, 2.75) is 33.1 Å². The van der Waals surface area contributed by atoms with Gasteiger partial charge in [-0.15, -0.1) is 0 Å². The number of amides is 3. The van der Waals surface area contributed by atoms with E-state index in [4.69, 9.17) is 4.42 Å². The molecular formula is C20H22N4O4. The van der Waals surface area contributed by atoms with Crippen molar-refractivity contribution >= 4 is 23.4 Å². The lowest BCUT2D eigenvalue weighted by atomic mass is 10.1. The van der Waals surface area contributed by atoms with Crippen molar-refractivity contribution in [1.29, 1.82) is 0 Å². The summed E-state index contributed by atoms with van der Waals surface area (Å²) in [5.41, 5.74) is 6.84. The van der Waals surface area contributed by atoms with Gasteiger partial charge in [-0.1, -0.05) is 30.3 Å². The van der Waals surface area contributed by atoms with Crippen LogP contribution in [0.25, 0.3) is 0 Å². The Labute approximate surface area is 162 Å². The molecule has 3 amide bonds. The van der Waals surface area contributed by atoms with E-state index < -0.39 is 11.8 Å². The fraction of sp³-hybridized carbons (Fsp3) is 0.300. The number of hydrazone groups is 1. The van der Waals surface area contributed by atoms with Crippen LogP contribution in [0, 0.1) is 13.8 Å². The number of hydrazine groups is 1. The SMILES string of the molecule is Cc1cc(C(=O)NNC(=O)CCC(=O)N2CCC(c3ccccc3)=N2)c(C)o1. The molecule has 0 unspecified atom stereocenters. The molecule has 0 radical (unpaired) electrons. The van der Waals surface area contributed by atoms with Gasteiger partial charge < -0.3 is 4.42 Å². The van der Waals surface area contributed by atoms with Gasteiger partial charge in [0.1, 0.15) is 11.5 Å². The van der Waals surface area contributed by atoms with E-state index in [1.54, 1.807) is 19.9 Å². The van der Waals surface area contributed by atoms with Crippen LogP contribution in [0.2, 0.25) is 0 Å². The molecule has 0 atom stereocenters. The minimum absolute atomic E-state index is 0.0110. The number of aryl methyl sites for hydroxylation is 2. The number of carbonyl (C=O) groups is 3. The van der Waals surface area contributed by atoms with Gasteiger partial charge in [0.2, 0.25) is 11.8 Å². The lowest BCUT2D eigenvalue weighted by Gasteiger charge is -2.11. The number of hydrogen-bond donors (Lipinski definition) is 2. The quantitative estimate of drug-likeness (QED) is 0.773. The number of carbonyl (C=O) groups excluding carboxylic acids is 3. The Bertz CT molecular complexity index is 918. The largest absolute Gasteiger partial charge is 0.466 e. The summed E-state index contributed by atoms with van der Waals surface area (Å²) in [6.45, 7) is 3.90. The second kappa shape index (κ2) is 8.51. The zero-order valence-corrected chi connectivity index (χ0v) is 15.8.